The lowest BCUT2D eigenvalue weighted by molar-refractivity contribution is 0.831. The van der Waals surface area contributed by atoms with E-state index in [-0.39, 0.29) is 0 Å². The van der Waals surface area contributed by atoms with E-state index in [0.717, 1.165) is 5.56 Å². The maximum absolute atomic E-state index is 8.01. The number of hydrogen-bond donors (Lipinski definition) is 0. The van der Waals surface area contributed by atoms with Gasteiger partial charge in [0, 0.05) is 1.37 Å². The number of benzene rings is 1. The predicted molar refractivity (Wildman–Crippen MR) is 59.4 cm³/mol. The average Bonchev–Trinajstić information content (AvgIpc) is 2.01. The van der Waals surface area contributed by atoms with Gasteiger partial charge in [0.2, 0.25) is 0 Å². The molecule has 0 saturated carbocycles. The van der Waals surface area contributed by atoms with Gasteiger partial charge < -0.3 is 0 Å². The fourth-order valence-corrected chi connectivity index (χ4v) is 1.43. The Morgan fingerprint density at radius 1 is 1.00 bits per heavy atom. The van der Waals surface area contributed by atoms with Crippen molar-refractivity contribution in [3.63, 3.8) is 0 Å². The molecule has 1 aromatic rings. The van der Waals surface area contributed by atoms with Gasteiger partial charge >= 0.3 is 0 Å². The third-order valence-corrected chi connectivity index (χ3v) is 2.34. The topological polar surface area (TPSA) is 0 Å². The van der Waals surface area contributed by atoms with Crippen molar-refractivity contribution in [2.24, 2.45) is 0 Å². The van der Waals surface area contributed by atoms with Crippen LogP contribution in [0.3, 0.4) is 0 Å². The van der Waals surface area contributed by atoms with Crippen molar-refractivity contribution in [1.29, 1.82) is 0 Å². The molecule has 0 aliphatic rings. The molecule has 0 N–H and O–H groups in total. The standard InChI is InChI=1S/C13H20/c1-9(2)12-6-11(5)7-13(8-12)10(3)4/h6-10H,1-5H3/i9D. The summed E-state index contributed by atoms with van der Waals surface area (Å²) in [5, 5.41) is 0. The van der Waals surface area contributed by atoms with Gasteiger partial charge in [0.15, 0.2) is 0 Å². The smallest absolute Gasteiger partial charge is 0.0347 e. The van der Waals surface area contributed by atoms with Crippen LogP contribution >= 0.6 is 0 Å². The van der Waals surface area contributed by atoms with Crippen molar-refractivity contribution < 1.29 is 1.37 Å². The van der Waals surface area contributed by atoms with Crippen LogP contribution < -0.4 is 0 Å². The molecule has 72 valence electrons. The highest BCUT2D eigenvalue weighted by Gasteiger charge is 2.04. The molecular weight excluding hydrogens is 156 g/mol. The summed E-state index contributed by atoms with van der Waals surface area (Å²) >= 11 is 0. The quantitative estimate of drug-likeness (QED) is 0.633. The minimum Gasteiger partial charge on any atom is -0.0587 e. The maximum Gasteiger partial charge on any atom is 0.0347 e. The first-order valence-electron chi connectivity index (χ1n) is 5.43. The Labute approximate surface area is 83.4 Å². The maximum atomic E-state index is 8.01. The molecule has 1 aromatic carbocycles. The molecule has 0 aromatic heterocycles. The van der Waals surface area contributed by atoms with E-state index in [2.05, 4.69) is 39.0 Å². The highest BCUT2D eigenvalue weighted by atomic mass is 14.1. The summed E-state index contributed by atoms with van der Waals surface area (Å²) in [5.74, 6) is 0.0475. The third-order valence-electron chi connectivity index (χ3n) is 2.34. The molecule has 0 aliphatic heterocycles. The molecule has 0 saturated heterocycles. The Morgan fingerprint density at radius 3 is 2.00 bits per heavy atom. The van der Waals surface area contributed by atoms with Crippen molar-refractivity contribution in [1.82, 2.24) is 0 Å². The zero-order chi connectivity index (χ0) is 10.9. The number of aryl methyl sites for hydroxylation is 1. The molecule has 0 unspecified atom stereocenters. The second-order valence-electron chi connectivity index (χ2n) is 4.29. The van der Waals surface area contributed by atoms with Crippen molar-refractivity contribution in [2.75, 3.05) is 0 Å². The van der Waals surface area contributed by atoms with Crippen LogP contribution in [0.25, 0.3) is 0 Å². The first kappa shape index (κ1) is 8.80. The fourth-order valence-electron chi connectivity index (χ4n) is 1.43. The van der Waals surface area contributed by atoms with E-state index >= 15 is 0 Å². The van der Waals surface area contributed by atoms with Crippen LogP contribution in [0.15, 0.2) is 18.2 Å². The number of hydrogen-bond acceptors (Lipinski definition) is 0. The zero-order valence-corrected chi connectivity index (χ0v) is 9.31. The van der Waals surface area contributed by atoms with Gasteiger partial charge in [0.25, 0.3) is 0 Å². The molecule has 0 radical (unpaired) electrons. The van der Waals surface area contributed by atoms with Crippen LogP contribution in [-0.2, 0) is 0 Å². The molecular formula is C13H20. The van der Waals surface area contributed by atoms with Gasteiger partial charge in [-0.3, -0.25) is 0 Å². The first-order chi connectivity index (χ1) is 6.30. The lowest BCUT2D eigenvalue weighted by Crippen LogP contribution is -1.94. The van der Waals surface area contributed by atoms with E-state index in [1.165, 1.54) is 11.1 Å². The summed E-state index contributed by atoms with van der Waals surface area (Å²) in [6, 6.07) is 6.48. The SMILES string of the molecule is [2H]C(C)(C)c1cc(C)cc(C(C)C)c1. The Balaban J connectivity index is 3.21. The normalized spacial score (nSPS) is 13.2. The van der Waals surface area contributed by atoms with E-state index in [1.54, 1.807) is 0 Å². The molecule has 13 heavy (non-hydrogen) atoms. The summed E-state index contributed by atoms with van der Waals surface area (Å²) < 4.78 is 8.01. The van der Waals surface area contributed by atoms with Gasteiger partial charge in [-0.15, -0.1) is 0 Å². The summed E-state index contributed by atoms with van der Waals surface area (Å²) in [5.41, 5.74) is 3.70. The van der Waals surface area contributed by atoms with E-state index in [1.807, 2.05) is 13.8 Å². The highest BCUT2D eigenvalue weighted by Crippen LogP contribution is 2.22. The lowest BCUT2D eigenvalue weighted by Gasteiger charge is -2.12. The summed E-state index contributed by atoms with van der Waals surface area (Å²) in [7, 11) is 0. The molecule has 0 heteroatoms. The molecule has 0 heterocycles. The highest BCUT2D eigenvalue weighted by molar-refractivity contribution is 5.32. The second kappa shape index (κ2) is 3.95. The molecule has 1 rings (SSSR count). The molecule has 0 fully saturated rings. The Bertz CT molecular complexity index is 318. The lowest BCUT2D eigenvalue weighted by atomic mass is 9.94. The van der Waals surface area contributed by atoms with E-state index in [0.29, 0.717) is 5.92 Å². The molecule has 0 aliphatic carbocycles. The first-order valence-corrected chi connectivity index (χ1v) is 4.93. The van der Waals surface area contributed by atoms with Gasteiger partial charge in [-0.1, -0.05) is 51.5 Å². The zero-order valence-electron chi connectivity index (χ0n) is 10.3. The van der Waals surface area contributed by atoms with Crippen LogP contribution in [0.4, 0.5) is 0 Å². The van der Waals surface area contributed by atoms with Crippen molar-refractivity contribution in [3.05, 3.63) is 34.9 Å². The van der Waals surface area contributed by atoms with Gasteiger partial charge in [-0.2, -0.15) is 0 Å². The minimum atomic E-state index is -0.490. The molecule has 0 bridgehead atoms. The van der Waals surface area contributed by atoms with Crippen molar-refractivity contribution in [2.45, 2.75) is 46.4 Å². The van der Waals surface area contributed by atoms with Crippen LogP contribution in [0.5, 0.6) is 0 Å². The Kier molecular flexibility index (Phi) is 2.68. The van der Waals surface area contributed by atoms with Gasteiger partial charge in [-0.25, -0.2) is 0 Å². The van der Waals surface area contributed by atoms with Gasteiger partial charge in [0.1, 0.15) is 0 Å². The summed E-state index contributed by atoms with van der Waals surface area (Å²) in [4.78, 5) is 0. The van der Waals surface area contributed by atoms with Crippen LogP contribution in [-0.4, -0.2) is 0 Å². The van der Waals surface area contributed by atoms with Crippen LogP contribution in [0.2, 0.25) is 0 Å². The van der Waals surface area contributed by atoms with Gasteiger partial charge in [0.05, 0.1) is 0 Å². The Morgan fingerprint density at radius 2 is 1.54 bits per heavy atom. The second-order valence-corrected chi connectivity index (χ2v) is 4.29. The fraction of sp³-hybridized carbons (Fsp3) is 0.538. The number of rotatable bonds is 2. The predicted octanol–water partition coefficient (Wildman–Crippen LogP) is 4.24. The van der Waals surface area contributed by atoms with Gasteiger partial charge in [-0.05, 0) is 29.9 Å². The largest absolute Gasteiger partial charge is 0.0587 e. The average molecular weight is 177 g/mol. The monoisotopic (exact) mass is 177 g/mol. The van der Waals surface area contributed by atoms with Crippen molar-refractivity contribution in [3.8, 4) is 0 Å². The van der Waals surface area contributed by atoms with E-state index < -0.39 is 5.89 Å². The molecule has 0 amide bonds. The Hall–Kier alpha value is -0.780. The molecule has 0 spiro atoms. The summed E-state index contributed by atoms with van der Waals surface area (Å²) in [6.45, 7) is 10.4. The summed E-state index contributed by atoms with van der Waals surface area (Å²) in [6.07, 6.45) is 0. The minimum absolute atomic E-state index is 0.490. The molecule has 0 nitrogen and oxygen atoms in total. The molecule has 0 atom stereocenters. The van der Waals surface area contributed by atoms with E-state index in [9.17, 15) is 0 Å². The van der Waals surface area contributed by atoms with Crippen LogP contribution in [0.1, 0.15) is 57.6 Å². The van der Waals surface area contributed by atoms with E-state index in [4.69, 9.17) is 1.37 Å². The third kappa shape index (κ3) is 2.58. The van der Waals surface area contributed by atoms with Crippen LogP contribution in [0, 0.1) is 6.92 Å². The van der Waals surface area contributed by atoms with Crippen molar-refractivity contribution >= 4 is 0 Å².